The van der Waals surface area contributed by atoms with E-state index in [0.717, 1.165) is 6.07 Å². The third-order valence-electron chi connectivity index (χ3n) is 0.967. The summed E-state index contributed by atoms with van der Waals surface area (Å²) in [5, 5.41) is 18.8. The maximum Gasteiger partial charge on any atom is 0.165 e. The quantitative estimate of drug-likeness (QED) is 0.476. The third kappa shape index (κ3) is 5.72. The molecule has 0 fully saturated rings. The second-order valence-corrected chi connectivity index (χ2v) is 1.69. The first-order valence-corrected chi connectivity index (χ1v) is 3.55. The average molecular weight is 257 g/mol. The van der Waals surface area contributed by atoms with E-state index in [0.29, 0.717) is 0 Å². The van der Waals surface area contributed by atoms with Crippen LogP contribution in [-0.2, 0) is 32.7 Å². The van der Waals surface area contributed by atoms with Crippen molar-refractivity contribution in [3.05, 3.63) is 34.4 Å². The van der Waals surface area contributed by atoms with Gasteiger partial charge in [0.05, 0.1) is 0 Å². The number of phenols is 1. The van der Waals surface area contributed by atoms with Gasteiger partial charge < -0.3 is 5.11 Å². The molecular formula is C8H10NO3Y-. The topological polar surface area (TPSA) is 63.4 Å². The van der Waals surface area contributed by atoms with Crippen LogP contribution in [0, 0.1) is 16.2 Å². The van der Waals surface area contributed by atoms with Gasteiger partial charge in [0.1, 0.15) is 0 Å². The number of hydrogen-bond acceptors (Lipinski definition) is 3. The van der Waals surface area contributed by atoms with E-state index in [1.165, 1.54) is 12.1 Å². The molecule has 0 amide bonds. The van der Waals surface area contributed by atoms with E-state index >= 15 is 0 Å². The fraction of sp³-hybridized carbons (Fsp3) is 0.250. The molecular weight excluding hydrogens is 247 g/mol. The second-order valence-electron chi connectivity index (χ2n) is 1.69. The molecule has 13 heavy (non-hydrogen) atoms. The van der Waals surface area contributed by atoms with Gasteiger partial charge in [-0.05, 0) is 0 Å². The van der Waals surface area contributed by atoms with E-state index in [1.54, 1.807) is 0 Å². The molecule has 0 atom stereocenters. The molecule has 0 aliphatic heterocycles. The Balaban J connectivity index is 0. The fourth-order valence-electron chi connectivity index (χ4n) is 0.548. The van der Waals surface area contributed by atoms with E-state index in [1.807, 2.05) is 13.8 Å². The Labute approximate surface area is 102 Å². The van der Waals surface area contributed by atoms with Crippen LogP contribution in [0.3, 0.4) is 0 Å². The summed E-state index contributed by atoms with van der Waals surface area (Å²) in [6.45, 7) is 4.00. The Morgan fingerprint density at radius 1 is 1.54 bits per heavy atom. The molecule has 1 radical (unpaired) electrons. The van der Waals surface area contributed by atoms with Gasteiger partial charge in [-0.1, -0.05) is 19.9 Å². The standard InChI is InChI=1S/C6H4NO3.C2H6.Y/c8-6-3-1-2-5(4-6)7(9)10;1-2;/h1,3-4,8H;1-2H3;/q-1;;. The third-order valence-corrected chi connectivity index (χ3v) is 0.967. The Kier molecular flexibility index (Phi) is 9.40. The molecule has 0 spiro atoms. The summed E-state index contributed by atoms with van der Waals surface area (Å²) in [5.74, 6) is -0.120. The Morgan fingerprint density at radius 3 is 2.38 bits per heavy atom. The first-order valence-electron chi connectivity index (χ1n) is 3.55. The first kappa shape index (κ1) is 15.0. The zero-order valence-electron chi connectivity index (χ0n) is 7.52. The van der Waals surface area contributed by atoms with Crippen LogP contribution in [0.1, 0.15) is 13.8 Å². The van der Waals surface area contributed by atoms with Crippen molar-refractivity contribution in [1.82, 2.24) is 0 Å². The van der Waals surface area contributed by atoms with Gasteiger partial charge in [0.25, 0.3) is 0 Å². The van der Waals surface area contributed by atoms with Crippen LogP contribution in [-0.4, -0.2) is 10.0 Å². The summed E-state index contributed by atoms with van der Waals surface area (Å²) < 4.78 is 0. The molecule has 4 nitrogen and oxygen atoms in total. The van der Waals surface area contributed by atoms with Gasteiger partial charge in [-0.3, -0.25) is 10.1 Å². The number of phenolic OH excluding ortho intramolecular Hbond substituents is 1. The van der Waals surface area contributed by atoms with Crippen LogP contribution in [0.4, 0.5) is 5.69 Å². The van der Waals surface area contributed by atoms with Crippen LogP contribution in [0.25, 0.3) is 0 Å². The number of benzene rings is 1. The number of nitro benzene ring substituents is 1. The number of nitro groups is 1. The smallest absolute Gasteiger partial charge is 0.165 e. The van der Waals surface area contributed by atoms with E-state index in [2.05, 4.69) is 6.07 Å². The molecule has 5 heteroatoms. The maximum atomic E-state index is 10.0. The summed E-state index contributed by atoms with van der Waals surface area (Å²) in [7, 11) is 0. The Bertz CT molecular complexity index is 265. The van der Waals surface area contributed by atoms with Crippen LogP contribution in [0.2, 0.25) is 0 Å². The molecule has 0 aromatic heterocycles. The van der Waals surface area contributed by atoms with Crippen molar-refractivity contribution in [3.8, 4) is 5.75 Å². The van der Waals surface area contributed by atoms with Crippen molar-refractivity contribution < 1.29 is 42.7 Å². The zero-order chi connectivity index (χ0) is 9.56. The molecule has 0 saturated heterocycles. The van der Waals surface area contributed by atoms with Crippen molar-refractivity contribution in [2.75, 3.05) is 0 Å². The largest absolute Gasteiger partial charge is 0.533 e. The summed E-state index contributed by atoms with van der Waals surface area (Å²) in [4.78, 5) is 9.40. The number of nitrogens with zero attached hydrogens (tertiary/aromatic N) is 1. The molecule has 0 bridgehead atoms. The predicted molar refractivity (Wildman–Crippen MR) is 44.9 cm³/mol. The van der Waals surface area contributed by atoms with Crippen LogP contribution >= 0.6 is 0 Å². The van der Waals surface area contributed by atoms with Gasteiger partial charge >= 0.3 is 0 Å². The predicted octanol–water partition coefficient (Wildman–Crippen LogP) is 2.12. The van der Waals surface area contributed by atoms with Crippen LogP contribution < -0.4 is 0 Å². The maximum absolute atomic E-state index is 10.0. The summed E-state index contributed by atoms with van der Waals surface area (Å²) >= 11 is 0. The van der Waals surface area contributed by atoms with Crippen molar-refractivity contribution >= 4 is 5.69 Å². The summed E-state index contributed by atoms with van der Waals surface area (Å²) in [6, 6.07) is 6.02. The van der Waals surface area contributed by atoms with Crippen molar-refractivity contribution in [2.45, 2.75) is 13.8 Å². The van der Waals surface area contributed by atoms with Gasteiger partial charge in [0.15, 0.2) is 5.69 Å². The molecule has 1 aromatic rings. The molecule has 1 N–H and O–H groups in total. The van der Waals surface area contributed by atoms with Crippen LogP contribution in [0.5, 0.6) is 5.75 Å². The monoisotopic (exact) mass is 257 g/mol. The average Bonchev–Trinajstić information content (AvgIpc) is 2.08. The van der Waals surface area contributed by atoms with Crippen molar-refractivity contribution in [3.63, 3.8) is 0 Å². The van der Waals surface area contributed by atoms with Gasteiger partial charge in [-0.15, -0.1) is 12.1 Å². The van der Waals surface area contributed by atoms with Gasteiger partial charge in [0.2, 0.25) is 0 Å². The van der Waals surface area contributed by atoms with E-state index < -0.39 is 4.92 Å². The minimum absolute atomic E-state index is 0. The Hall–Kier alpha value is -0.476. The number of non-ortho nitro benzene ring substituents is 1. The van der Waals surface area contributed by atoms with E-state index in [-0.39, 0.29) is 44.1 Å². The molecule has 1 rings (SSSR count). The second kappa shape index (κ2) is 8.14. The fourth-order valence-corrected chi connectivity index (χ4v) is 0.548. The summed E-state index contributed by atoms with van der Waals surface area (Å²) in [6.07, 6.45) is 0. The van der Waals surface area contributed by atoms with Crippen molar-refractivity contribution in [1.29, 1.82) is 0 Å². The minimum atomic E-state index is -0.611. The molecule has 0 heterocycles. The molecule has 0 aliphatic rings. The molecule has 0 aliphatic carbocycles. The summed E-state index contributed by atoms with van der Waals surface area (Å²) in [5.41, 5.74) is -0.222. The van der Waals surface area contributed by atoms with E-state index in [9.17, 15) is 10.1 Å². The van der Waals surface area contributed by atoms with Crippen LogP contribution in [0.15, 0.2) is 18.2 Å². The molecule has 0 unspecified atom stereocenters. The molecule has 69 valence electrons. The number of aromatic hydroxyl groups is 1. The first-order chi connectivity index (χ1) is 5.70. The zero-order valence-corrected chi connectivity index (χ0v) is 10.4. The van der Waals surface area contributed by atoms with Crippen molar-refractivity contribution in [2.24, 2.45) is 0 Å². The normalized spacial score (nSPS) is 7.54. The van der Waals surface area contributed by atoms with Gasteiger partial charge in [-0.25, -0.2) is 0 Å². The van der Waals surface area contributed by atoms with Gasteiger partial charge in [0, 0.05) is 43.4 Å². The van der Waals surface area contributed by atoms with E-state index in [4.69, 9.17) is 5.11 Å². The van der Waals surface area contributed by atoms with Gasteiger partial charge in [-0.2, -0.15) is 6.07 Å². The molecule has 1 aromatic carbocycles. The number of hydrogen-bond donors (Lipinski definition) is 1. The number of rotatable bonds is 1. The minimum Gasteiger partial charge on any atom is -0.533 e. The SMILES string of the molecule is CC.O=[N+]([O-])c1[c-]ccc(O)c1.[Y]. The Morgan fingerprint density at radius 2 is 2.08 bits per heavy atom. The molecule has 0 saturated carbocycles.